The molecule has 31 heavy (non-hydrogen) atoms. The summed E-state index contributed by atoms with van der Waals surface area (Å²) in [4.78, 5) is 25.1. The number of carboxylic acid groups (broad SMARTS) is 1. The highest BCUT2D eigenvalue weighted by molar-refractivity contribution is 7.16. The average Bonchev–Trinajstić information content (AvgIpc) is 3.29. The molecule has 2 aromatic heterocycles. The van der Waals surface area contributed by atoms with Crippen LogP contribution in [0.5, 0.6) is 0 Å². The van der Waals surface area contributed by atoms with Gasteiger partial charge < -0.3 is 15.0 Å². The number of carboxylic acids is 1. The van der Waals surface area contributed by atoms with E-state index in [9.17, 15) is 20.1 Å². The molecule has 1 aliphatic carbocycles. The second-order valence-corrected chi connectivity index (χ2v) is 8.38. The molecule has 0 aliphatic heterocycles. The molecule has 8 heteroatoms. The topological polar surface area (TPSA) is 119 Å². The zero-order valence-corrected chi connectivity index (χ0v) is 17.3. The molecule has 0 bridgehead atoms. The molecule has 0 saturated carbocycles. The van der Waals surface area contributed by atoms with Crippen LogP contribution in [-0.4, -0.2) is 21.6 Å². The Morgan fingerprint density at radius 2 is 2.00 bits per heavy atom. The molecular weight excluding hydrogens is 412 g/mol. The molecule has 0 atom stereocenters. The number of aryl methyl sites for hydroxylation is 1. The van der Waals surface area contributed by atoms with Crippen molar-refractivity contribution in [2.75, 3.05) is 5.32 Å². The summed E-state index contributed by atoms with van der Waals surface area (Å²) in [6.07, 6.45) is 6.89. The lowest BCUT2D eigenvalue weighted by atomic mass is 9.96. The van der Waals surface area contributed by atoms with Gasteiger partial charge in [0.2, 0.25) is 0 Å². The fraction of sp³-hybridized carbons (Fsp3) is 0.217. The highest BCUT2D eigenvalue weighted by Gasteiger charge is 2.23. The number of aliphatic carboxylic acids is 1. The van der Waals surface area contributed by atoms with Crippen LogP contribution in [0.3, 0.4) is 0 Å². The van der Waals surface area contributed by atoms with Crippen LogP contribution < -0.4 is 5.32 Å². The second kappa shape index (κ2) is 8.47. The van der Waals surface area contributed by atoms with Gasteiger partial charge in [-0.3, -0.25) is 9.59 Å². The number of para-hydroxylation sites is 1. The molecule has 1 aliphatic rings. The Morgan fingerprint density at radius 1 is 1.23 bits per heavy atom. The van der Waals surface area contributed by atoms with Gasteiger partial charge in [0.25, 0.3) is 5.91 Å². The molecule has 3 aromatic rings. The average molecular weight is 430 g/mol. The van der Waals surface area contributed by atoms with Crippen molar-refractivity contribution in [3.8, 4) is 12.1 Å². The van der Waals surface area contributed by atoms with Gasteiger partial charge in [-0.15, -0.1) is 11.3 Å². The van der Waals surface area contributed by atoms with E-state index in [1.165, 1.54) is 17.4 Å². The van der Waals surface area contributed by atoms with Crippen LogP contribution in [0.2, 0.25) is 0 Å². The van der Waals surface area contributed by atoms with Gasteiger partial charge in [0.15, 0.2) is 0 Å². The number of nitrogens with one attached hydrogen (secondary N) is 1. The van der Waals surface area contributed by atoms with Gasteiger partial charge in [0.1, 0.15) is 29.3 Å². The van der Waals surface area contributed by atoms with Crippen LogP contribution in [-0.2, 0) is 29.0 Å². The van der Waals surface area contributed by atoms with Gasteiger partial charge in [-0.25, -0.2) is 0 Å². The van der Waals surface area contributed by atoms with Gasteiger partial charge >= 0.3 is 5.97 Å². The number of nitrogens with zero attached hydrogens (tertiary/aromatic N) is 3. The summed E-state index contributed by atoms with van der Waals surface area (Å²) in [5, 5.41) is 32.3. The first kappa shape index (κ1) is 20.4. The van der Waals surface area contributed by atoms with Crippen LogP contribution in [0.4, 0.5) is 5.00 Å². The molecule has 2 heterocycles. The molecule has 0 spiro atoms. The first-order chi connectivity index (χ1) is 15.0. The Morgan fingerprint density at radius 3 is 2.74 bits per heavy atom. The molecule has 0 saturated heterocycles. The first-order valence-electron chi connectivity index (χ1n) is 9.79. The predicted molar refractivity (Wildman–Crippen MR) is 117 cm³/mol. The van der Waals surface area contributed by atoms with Crippen LogP contribution >= 0.6 is 11.3 Å². The van der Waals surface area contributed by atoms with E-state index in [0.29, 0.717) is 21.6 Å². The van der Waals surface area contributed by atoms with Crippen molar-refractivity contribution >= 4 is 45.2 Å². The number of benzene rings is 1. The van der Waals surface area contributed by atoms with Crippen LogP contribution in [0.25, 0.3) is 17.0 Å². The van der Waals surface area contributed by atoms with Gasteiger partial charge in [-0.1, -0.05) is 18.2 Å². The smallest absolute Gasteiger partial charge is 0.323 e. The van der Waals surface area contributed by atoms with Crippen LogP contribution in [0, 0.1) is 22.7 Å². The van der Waals surface area contributed by atoms with E-state index in [4.69, 9.17) is 5.11 Å². The van der Waals surface area contributed by atoms with Gasteiger partial charge in [0.05, 0.1) is 5.56 Å². The SMILES string of the molecule is N#CC(=Cc1cn(CC(=O)O)c2ccccc12)C(=O)Nc1sc2c(c1C#N)CCCC2. The third kappa shape index (κ3) is 3.94. The van der Waals surface area contributed by atoms with E-state index in [1.807, 2.05) is 18.2 Å². The van der Waals surface area contributed by atoms with E-state index < -0.39 is 11.9 Å². The van der Waals surface area contributed by atoms with Crippen molar-refractivity contribution in [3.63, 3.8) is 0 Å². The largest absolute Gasteiger partial charge is 0.480 e. The van der Waals surface area contributed by atoms with E-state index in [-0.39, 0.29) is 12.1 Å². The number of anilines is 1. The Labute approximate surface area is 182 Å². The molecular formula is C23H18N4O3S. The predicted octanol–water partition coefficient (Wildman–Crippen LogP) is 4.08. The van der Waals surface area contributed by atoms with Gasteiger partial charge in [0, 0.05) is 27.5 Å². The lowest BCUT2D eigenvalue weighted by molar-refractivity contribution is -0.137. The van der Waals surface area contributed by atoms with Crippen LogP contribution in [0.1, 0.15) is 34.4 Å². The molecule has 0 unspecified atom stereocenters. The summed E-state index contributed by atoms with van der Waals surface area (Å²) in [7, 11) is 0. The Balaban J connectivity index is 1.68. The van der Waals surface area contributed by atoms with Gasteiger partial charge in [-0.2, -0.15) is 10.5 Å². The van der Waals surface area contributed by atoms with E-state index in [0.717, 1.165) is 41.5 Å². The fourth-order valence-corrected chi connectivity index (χ4v) is 5.15. The van der Waals surface area contributed by atoms with Crippen molar-refractivity contribution in [1.29, 1.82) is 10.5 Å². The highest BCUT2D eigenvalue weighted by atomic mass is 32.1. The normalized spacial score (nSPS) is 13.3. The summed E-state index contributed by atoms with van der Waals surface area (Å²) >= 11 is 1.40. The maximum absolute atomic E-state index is 12.8. The maximum atomic E-state index is 12.8. The molecule has 1 amide bonds. The first-order valence-corrected chi connectivity index (χ1v) is 10.6. The number of carbonyl (C=O) groups excluding carboxylic acids is 1. The third-order valence-electron chi connectivity index (χ3n) is 5.30. The van der Waals surface area contributed by atoms with Crippen molar-refractivity contribution in [1.82, 2.24) is 4.57 Å². The molecule has 2 N–H and O–H groups in total. The number of nitriles is 2. The molecule has 0 radical (unpaired) electrons. The molecule has 4 rings (SSSR count). The standard InChI is InChI=1S/C23H18N4O3S/c24-10-14(9-15-12-27(13-21(28)29)19-7-3-1-5-16(15)19)22(30)26-23-18(11-25)17-6-2-4-8-20(17)31-23/h1,3,5,7,9,12H,2,4,6,8,13H2,(H,26,30)(H,28,29). The summed E-state index contributed by atoms with van der Waals surface area (Å²) in [6.45, 7) is -0.227. The third-order valence-corrected chi connectivity index (χ3v) is 6.51. The van der Waals surface area contributed by atoms with E-state index in [1.54, 1.807) is 22.9 Å². The minimum Gasteiger partial charge on any atom is -0.480 e. The van der Waals surface area contributed by atoms with E-state index >= 15 is 0 Å². The minimum atomic E-state index is -0.986. The molecule has 154 valence electrons. The van der Waals surface area contributed by atoms with Crippen molar-refractivity contribution in [3.05, 3.63) is 57.6 Å². The zero-order valence-electron chi connectivity index (χ0n) is 16.5. The highest BCUT2D eigenvalue weighted by Crippen LogP contribution is 2.37. The second-order valence-electron chi connectivity index (χ2n) is 7.27. The lowest BCUT2D eigenvalue weighted by Gasteiger charge is -2.09. The quantitative estimate of drug-likeness (QED) is 0.467. The number of fused-ring (bicyclic) bond motifs is 2. The number of carbonyl (C=O) groups is 2. The molecule has 1 aromatic carbocycles. The van der Waals surface area contributed by atoms with Gasteiger partial charge in [-0.05, 0) is 43.4 Å². The Bertz CT molecular complexity index is 1320. The monoisotopic (exact) mass is 430 g/mol. The minimum absolute atomic E-state index is 0.117. The maximum Gasteiger partial charge on any atom is 0.323 e. The van der Waals surface area contributed by atoms with E-state index in [2.05, 4.69) is 11.4 Å². The Hall–Kier alpha value is -3.88. The zero-order chi connectivity index (χ0) is 22.0. The number of amides is 1. The van der Waals surface area contributed by atoms with Crippen LogP contribution in [0.15, 0.2) is 36.0 Å². The Kier molecular flexibility index (Phi) is 5.57. The number of hydrogen-bond donors (Lipinski definition) is 2. The van der Waals surface area contributed by atoms with Crippen molar-refractivity contribution in [2.45, 2.75) is 32.2 Å². The number of hydrogen-bond acceptors (Lipinski definition) is 5. The number of rotatable bonds is 5. The summed E-state index contributed by atoms with van der Waals surface area (Å²) in [6, 6.07) is 11.3. The summed E-state index contributed by atoms with van der Waals surface area (Å²) in [5.41, 5.74) is 2.66. The number of aromatic nitrogens is 1. The lowest BCUT2D eigenvalue weighted by Crippen LogP contribution is -2.13. The molecule has 0 fully saturated rings. The summed E-state index contributed by atoms with van der Waals surface area (Å²) < 4.78 is 1.57. The van der Waals surface area contributed by atoms with Crippen molar-refractivity contribution < 1.29 is 14.7 Å². The van der Waals surface area contributed by atoms with Crippen molar-refractivity contribution in [2.24, 2.45) is 0 Å². The molecule has 7 nitrogen and oxygen atoms in total. The fourth-order valence-electron chi connectivity index (χ4n) is 3.91. The number of thiophene rings is 1. The summed E-state index contributed by atoms with van der Waals surface area (Å²) in [5.74, 6) is -1.58.